The van der Waals surface area contributed by atoms with E-state index in [-0.39, 0.29) is 0 Å². The Morgan fingerprint density at radius 1 is 1.12 bits per heavy atom. The first-order valence-corrected chi connectivity index (χ1v) is 6.33. The molecule has 2 rings (SSSR count). The van der Waals surface area contributed by atoms with Gasteiger partial charge in [0.15, 0.2) is 5.16 Å². The molecule has 0 aliphatic rings. The summed E-state index contributed by atoms with van der Waals surface area (Å²) in [7, 11) is 1.81. The van der Waals surface area contributed by atoms with Crippen LogP contribution in [0.2, 0.25) is 0 Å². The summed E-state index contributed by atoms with van der Waals surface area (Å²) in [6.07, 6.45) is 0. The smallest absolute Gasteiger partial charge is 0.226 e. The minimum Gasteiger partial charge on any atom is -0.357 e. The first-order chi connectivity index (χ1) is 8.28. The van der Waals surface area contributed by atoms with Gasteiger partial charge in [0.05, 0.1) is 0 Å². The van der Waals surface area contributed by atoms with Crippen LogP contribution in [0.1, 0.15) is 11.4 Å². The molecule has 0 atom stereocenters. The van der Waals surface area contributed by atoms with Crippen LogP contribution in [0.4, 0.5) is 5.95 Å². The number of anilines is 1. The highest BCUT2D eigenvalue weighted by Gasteiger charge is 2.03. The summed E-state index contributed by atoms with van der Waals surface area (Å²) in [6, 6.07) is 10.3. The Bertz CT molecular complexity index is 487. The number of aryl methyl sites for hydroxylation is 1. The Balaban J connectivity index is 2.06. The molecule has 1 heterocycles. The first-order valence-electron chi connectivity index (χ1n) is 5.35. The fourth-order valence-corrected chi connectivity index (χ4v) is 2.19. The SMILES string of the molecule is CNc1nc(C)nc(SCc2ccccc2)n1. The lowest BCUT2D eigenvalue weighted by Crippen LogP contribution is -2.01. The van der Waals surface area contributed by atoms with Crippen molar-refractivity contribution in [2.24, 2.45) is 0 Å². The number of thioether (sulfide) groups is 1. The lowest BCUT2D eigenvalue weighted by atomic mass is 10.2. The quantitative estimate of drug-likeness (QED) is 0.840. The fourth-order valence-electron chi connectivity index (χ4n) is 1.36. The summed E-state index contributed by atoms with van der Waals surface area (Å²) in [6.45, 7) is 1.87. The van der Waals surface area contributed by atoms with Crippen LogP contribution in [-0.4, -0.2) is 22.0 Å². The largest absolute Gasteiger partial charge is 0.357 e. The van der Waals surface area contributed by atoms with Gasteiger partial charge in [0.25, 0.3) is 0 Å². The van der Waals surface area contributed by atoms with Crippen LogP contribution in [0.5, 0.6) is 0 Å². The molecule has 4 nitrogen and oxygen atoms in total. The second kappa shape index (κ2) is 5.63. The molecule has 17 heavy (non-hydrogen) atoms. The van der Waals surface area contributed by atoms with Crippen LogP contribution in [0.3, 0.4) is 0 Å². The number of benzene rings is 1. The van der Waals surface area contributed by atoms with E-state index in [0.717, 1.165) is 16.7 Å². The minimum absolute atomic E-state index is 0.619. The highest BCUT2D eigenvalue weighted by Crippen LogP contribution is 2.19. The molecule has 0 aliphatic heterocycles. The molecule has 0 fully saturated rings. The van der Waals surface area contributed by atoms with Crippen molar-refractivity contribution in [1.82, 2.24) is 15.0 Å². The average molecular weight is 246 g/mol. The van der Waals surface area contributed by atoms with Crippen molar-refractivity contribution >= 4 is 17.7 Å². The van der Waals surface area contributed by atoms with Crippen LogP contribution >= 0.6 is 11.8 Å². The number of hydrogen-bond donors (Lipinski definition) is 1. The van der Waals surface area contributed by atoms with E-state index >= 15 is 0 Å². The predicted molar refractivity (Wildman–Crippen MR) is 70.1 cm³/mol. The lowest BCUT2D eigenvalue weighted by Gasteiger charge is -2.04. The van der Waals surface area contributed by atoms with E-state index in [0.29, 0.717) is 5.95 Å². The van der Waals surface area contributed by atoms with Crippen LogP contribution in [0, 0.1) is 6.92 Å². The second-order valence-corrected chi connectivity index (χ2v) is 4.46. The fraction of sp³-hybridized carbons (Fsp3) is 0.250. The van der Waals surface area contributed by atoms with Crippen molar-refractivity contribution in [2.45, 2.75) is 17.8 Å². The second-order valence-electron chi connectivity index (χ2n) is 3.51. The molecule has 0 aliphatic carbocycles. The van der Waals surface area contributed by atoms with Crippen LogP contribution in [0.25, 0.3) is 0 Å². The molecule has 0 saturated carbocycles. The molecule has 1 aromatic carbocycles. The zero-order valence-electron chi connectivity index (χ0n) is 9.84. The molecule has 5 heteroatoms. The van der Waals surface area contributed by atoms with Crippen molar-refractivity contribution < 1.29 is 0 Å². The van der Waals surface area contributed by atoms with Gasteiger partial charge < -0.3 is 5.32 Å². The summed E-state index contributed by atoms with van der Waals surface area (Å²) in [5.74, 6) is 2.22. The van der Waals surface area contributed by atoms with Crippen LogP contribution in [0.15, 0.2) is 35.5 Å². The highest BCUT2D eigenvalue weighted by atomic mass is 32.2. The predicted octanol–water partition coefficient (Wildman–Crippen LogP) is 2.51. The molecule has 0 spiro atoms. The first kappa shape index (κ1) is 11.9. The van der Waals surface area contributed by atoms with Crippen LogP contribution in [-0.2, 0) is 5.75 Å². The van der Waals surface area contributed by atoms with Crippen molar-refractivity contribution in [3.05, 3.63) is 41.7 Å². The van der Waals surface area contributed by atoms with Gasteiger partial charge in [-0.1, -0.05) is 42.1 Å². The molecule has 2 aromatic rings. The maximum Gasteiger partial charge on any atom is 0.226 e. The number of aromatic nitrogens is 3. The third-order valence-corrected chi connectivity index (χ3v) is 3.08. The van der Waals surface area contributed by atoms with Gasteiger partial charge in [0, 0.05) is 12.8 Å². The third kappa shape index (κ3) is 3.42. The highest BCUT2D eigenvalue weighted by molar-refractivity contribution is 7.98. The van der Waals surface area contributed by atoms with Crippen molar-refractivity contribution in [1.29, 1.82) is 0 Å². The Morgan fingerprint density at radius 3 is 2.59 bits per heavy atom. The molecule has 0 radical (unpaired) electrons. The molecular formula is C12H14N4S. The molecule has 0 unspecified atom stereocenters. The third-order valence-electron chi connectivity index (χ3n) is 2.16. The monoisotopic (exact) mass is 246 g/mol. The standard InChI is InChI=1S/C12H14N4S/c1-9-14-11(13-2)16-12(15-9)17-8-10-6-4-3-5-7-10/h3-7H,8H2,1-2H3,(H,13,14,15,16). The van der Waals surface area contributed by atoms with E-state index in [4.69, 9.17) is 0 Å². The number of nitrogens with one attached hydrogen (secondary N) is 1. The number of nitrogens with zero attached hydrogens (tertiary/aromatic N) is 3. The molecule has 0 amide bonds. The van der Waals surface area contributed by atoms with Gasteiger partial charge in [0.1, 0.15) is 5.82 Å². The van der Waals surface area contributed by atoms with E-state index in [1.165, 1.54) is 5.56 Å². The van der Waals surface area contributed by atoms with Gasteiger partial charge in [-0.15, -0.1) is 0 Å². The van der Waals surface area contributed by atoms with Crippen molar-refractivity contribution in [3.8, 4) is 0 Å². The zero-order chi connectivity index (χ0) is 12.1. The van der Waals surface area contributed by atoms with Crippen LogP contribution < -0.4 is 5.32 Å². The van der Waals surface area contributed by atoms with E-state index in [1.807, 2.05) is 25.1 Å². The molecule has 88 valence electrons. The van der Waals surface area contributed by atoms with E-state index in [2.05, 4.69) is 32.4 Å². The minimum atomic E-state index is 0.619. The van der Waals surface area contributed by atoms with Gasteiger partial charge >= 0.3 is 0 Å². The topological polar surface area (TPSA) is 50.7 Å². The maximum atomic E-state index is 4.30. The Labute approximate surface area is 105 Å². The van der Waals surface area contributed by atoms with Gasteiger partial charge in [-0.3, -0.25) is 0 Å². The zero-order valence-corrected chi connectivity index (χ0v) is 10.7. The number of hydrogen-bond acceptors (Lipinski definition) is 5. The van der Waals surface area contributed by atoms with Gasteiger partial charge in [-0.05, 0) is 12.5 Å². The van der Waals surface area contributed by atoms with Gasteiger partial charge in [0.2, 0.25) is 5.95 Å². The molecule has 1 N–H and O–H groups in total. The molecule has 0 saturated heterocycles. The van der Waals surface area contributed by atoms with Crippen molar-refractivity contribution in [3.63, 3.8) is 0 Å². The maximum absolute atomic E-state index is 4.30. The summed E-state index contributed by atoms with van der Waals surface area (Å²) >= 11 is 1.61. The van der Waals surface area contributed by atoms with E-state index in [9.17, 15) is 0 Å². The summed E-state index contributed by atoms with van der Waals surface area (Å²) in [4.78, 5) is 12.8. The van der Waals surface area contributed by atoms with Gasteiger partial charge in [-0.25, -0.2) is 4.98 Å². The Hall–Kier alpha value is -1.62. The van der Waals surface area contributed by atoms with Gasteiger partial charge in [-0.2, -0.15) is 9.97 Å². The summed E-state index contributed by atoms with van der Waals surface area (Å²) in [5, 5.41) is 3.69. The lowest BCUT2D eigenvalue weighted by molar-refractivity contribution is 0.863. The van der Waals surface area contributed by atoms with E-state index < -0.39 is 0 Å². The Kier molecular flexibility index (Phi) is 3.93. The molecular weight excluding hydrogens is 232 g/mol. The Morgan fingerprint density at radius 2 is 1.88 bits per heavy atom. The summed E-state index contributed by atoms with van der Waals surface area (Å²) < 4.78 is 0. The molecule has 0 bridgehead atoms. The number of rotatable bonds is 4. The average Bonchev–Trinajstić information content (AvgIpc) is 2.37. The normalized spacial score (nSPS) is 10.2. The summed E-state index contributed by atoms with van der Waals surface area (Å²) in [5.41, 5.74) is 1.27. The molecule has 1 aromatic heterocycles. The van der Waals surface area contributed by atoms with Crippen molar-refractivity contribution in [2.75, 3.05) is 12.4 Å². The van der Waals surface area contributed by atoms with E-state index in [1.54, 1.807) is 18.8 Å².